The number of rotatable bonds is 0. The van der Waals surface area contributed by atoms with Crippen LogP contribution in [0.5, 0.6) is 0 Å². The van der Waals surface area contributed by atoms with E-state index in [1.165, 1.54) is 0 Å². The molecular formula is C12H24N2O2. The molecule has 1 amide bonds. The van der Waals surface area contributed by atoms with Crippen LogP contribution in [-0.2, 0) is 4.74 Å². The second kappa shape index (κ2) is 5.04. The Balaban J connectivity index is 2.51. The fourth-order valence-corrected chi connectivity index (χ4v) is 1.68. The van der Waals surface area contributed by atoms with Crippen molar-refractivity contribution in [1.29, 1.82) is 0 Å². The maximum atomic E-state index is 11.9. The molecule has 0 aliphatic carbocycles. The second-order valence-corrected chi connectivity index (χ2v) is 5.59. The van der Waals surface area contributed by atoms with Gasteiger partial charge in [-0.1, -0.05) is 0 Å². The van der Waals surface area contributed by atoms with E-state index in [0.717, 1.165) is 26.1 Å². The molecule has 1 rings (SSSR count). The van der Waals surface area contributed by atoms with Crippen LogP contribution in [0.4, 0.5) is 4.79 Å². The highest BCUT2D eigenvalue weighted by Gasteiger charge is 2.25. The molecule has 0 aromatic heterocycles. The normalized spacial score (nSPS) is 24.1. The number of carbonyl (C=O) groups excluding carboxylic acids is 1. The Morgan fingerprint density at radius 2 is 1.88 bits per heavy atom. The van der Waals surface area contributed by atoms with Crippen LogP contribution in [0.3, 0.4) is 0 Å². The van der Waals surface area contributed by atoms with Crippen LogP contribution in [0.25, 0.3) is 0 Å². The summed E-state index contributed by atoms with van der Waals surface area (Å²) < 4.78 is 5.37. The summed E-state index contributed by atoms with van der Waals surface area (Å²) in [4.78, 5) is 16.0. The lowest BCUT2D eigenvalue weighted by Gasteiger charge is -2.26. The molecule has 0 spiro atoms. The van der Waals surface area contributed by atoms with E-state index in [-0.39, 0.29) is 6.09 Å². The van der Waals surface area contributed by atoms with Gasteiger partial charge in [-0.2, -0.15) is 0 Å². The molecule has 0 radical (unpaired) electrons. The Labute approximate surface area is 98.5 Å². The first kappa shape index (κ1) is 13.3. The molecule has 1 fully saturated rings. The lowest BCUT2D eigenvalue weighted by Crippen LogP contribution is -2.38. The molecule has 16 heavy (non-hydrogen) atoms. The molecule has 94 valence electrons. The average molecular weight is 228 g/mol. The molecule has 0 N–H and O–H groups in total. The van der Waals surface area contributed by atoms with Gasteiger partial charge in [-0.3, -0.25) is 0 Å². The standard InChI is InChI=1S/C12H24N2O2/c1-10-6-7-14(9-8-13(10)5)11(15)16-12(2,3)4/h10H,6-9H2,1-5H3/t10-/m1/s1. The van der Waals surface area contributed by atoms with Crippen LogP contribution >= 0.6 is 0 Å². The molecule has 0 aromatic rings. The average Bonchev–Trinajstić information content (AvgIpc) is 2.28. The van der Waals surface area contributed by atoms with Gasteiger partial charge in [0, 0.05) is 25.7 Å². The van der Waals surface area contributed by atoms with E-state index in [0.29, 0.717) is 6.04 Å². The number of nitrogens with zero attached hydrogens (tertiary/aromatic N) is 2. The highest BCUT2D eigenvalue weighted by Crippen LogP contribution is 2.13. The maximum absolute atomic E-state index is 11.9. The Morgan fingerprint density at radius 3 is 2.44 bits per heavy atom. The van der Waals surface area contributed by atoms with Gasteiger partial charge in [-0.25, -0.2) is 4.79 Å². The van der Waals surface area contributed by atoms with Gasteiger partial charge in [0.2, 0.25) is 0 Å². The van der Waals surface area contributed by atoms with Gasteiger partial charge < -0.3 is 14.5 Å². The summed E-state index contributed by atoms with van der Waals surface area (Å²) in [7, 11) is 2.10. The largest absolute Gasteiger partial charge is 0.444 e. The Bertz CT molecular complexity index is 236. The van der Waals surface area contributed by atoms with Crippen molar-refractivity contribution in [2.24, 2.45) is 0 Å². The smallest absolute Gasteiger partial charge is 0.410 e. The summed E-state index contributed by atoms with van der Waals surface area (Å²) in [5, 5.41) is 0. The van der Waals surface area contributed by atoms with Gasteiger partial charge in [0.05, 0.1) is 0 Å². The highest BCUT2D eigenvalue weighted by molar-refractivity contribution is 5.68. The minimum atomic E-state index is -0.402. The van der Waals surface area contributed by atoms with Crippen molar-refractivity contribution in [2.45, 2.75) is 45.8 Å². The van der Waals surface area contributed by atoms with Crippen molar-refractivity contribution in [1.82, 2.24) is 9.80 Å². The maximum Gasteiger partial charge on any atom is 0.410 e. The lowest BCUT2D eigenvalue weighted by atomic mass is 10.2. The highest BCUT2D eigenvalue weighted by atomic mass is 16.6. The summed E-state index contributed by atoms with van der Waals surface area (Å²) in [6.45, 7) is 10.4. The molecule has 0 unspecified atom stereocenters. The Morgan fingerprint density at radius 1 is 1.25 bits per heavy atom. The second-order valence-electron chi connectivity index (χ2n) is 5.59. The molecule has 0 saturated carbocycles. The summed E-state index contributed by atoms with van der Waals surface area (Å²) in [6.07, 6.45) is 0.824. The van der Waals surface area contributed by atoms with Gasteiger partial charge >= 0.3 is 6.09 Å². The topological polar surface area (TPSA) is 32.8 Å². The molecule has 1 saturated heterocycles. The van der Waals surface area contributed by atoms with Crippen molar-refractivity contribution in [2.75, 3.05) is 26.7 Å². The van der Waals surface area contributed by atoms with Gasteiger partial charge in [-0.05, 0) is 41.2 Å². The first-order valence-corrected chi connectivity index (χ1v) is 5.98. The van der Waals surface area contributed by atoms with Gasteiger partial charge in [0.1, 0.15) is 5.60 Å². The predicted molar refractivity (Wildman–Crippen MR) is 64.5 cm³/mol. The first-order chi connectivity index (χ1) is 7.29. The summed E-state index contributed by atoms with van der Waals surface area (Å²) in [5.41, 5.74) is -0.402. The quantitative estimate of drug-likeness (QED) is 0.635. The third-order valence-electron chi connectivity index (χ3n) is 2.94. The molecule has 1 atom stereocenters. The van der Waals surface area contributed by atoms with E-state index < -0.39 is 5.60 Å². The zero-order valence-electron chi connectivity index (χ0n) is 11.1. The molecule has 1 aliphatic heterocycles. The van der Waals surface area contributed by atoms with Crippen LogP contribution < -0.4 is 0 Å². The van der Waals surface area contributed by atoms with E-state index in [1.807, 2.05) is 25.7 Å². The Hall–Kier alpha value is -0.770. The van der Waals surface area contributed by atoms with Crippen LogP contribution in [0.2, 0.25) is 0 Å². The SMILES string of the molecule is C[C@@H]1CCN(C(=O)OC(C)(C)C)CCN1C. The fraction of sp³-hybridized carbons (Fsp3) is 0.917. The van der Waals surface area contributed by atoms with Crippen molar-refractivity contribution in [3.8, 4) is 0 Å². The van der Waals surface area contributed by atoms with Gasteiger partial charge in [0.25, 0.3) is 0 Å². The van der Waals surface area contributed by atoms with Gasteiger partial charge in [0.15, 0.2) is 0 Å². The lowest BCUT2D eigenvalue weighted by molar-refractivity contribution is 0.0259. The van der Waals surface area contributed by atoms with Crippen LogP contribution in [0.1, 0.15) is 34.1 Å². The number of amides is 1. The fourth-order valence-electron chi connectivity index (χ4n) is 1.68. The zero-order chi connectivity index (χ0) is 12.3. The minimum Gasteiger partial charge on any atom is -0.444 e. The monoisotopic (exact) mass is 228 g/mol. The number of hydrogen-bond donors (Lipinski definition) is 0. The summed E-state index contributed by atoms with van der Waals surface area (Å²) >= 11 is 0. The van der Waals surface area contributed by atoms with E-state index in [1.54, 1.807) is 0 Å². The van der Waals surface area contributed by atoms with Gasteiger partial charge in [-0.15, -0.1) is 0 Å². The van der Waals surface area contributed by atoms with E-state index in [2.05, 4.69) is 18.9 Å². The van der Waals surface area contributed by atoms with E-state index >= 15 is 0 Å². The number of carbonyl (C=O) groups is 1. The molecular weight excluding hydrogens is 204 g/mol. The predicted octanol–water partition coefficient (Wildman–Crippen LogP) is 1.95. The molecule has 4 heteroatoms. The van der Waals surface area contributed by atoms with Crippen molar-refractivity contribution >= 4 is 6.09 Å². The first-order valence-electron chi connectivity index (χ1n) is 5.98. The molecule has 4 nitrogen and oxygen atoms in total. The summed E-state index contributed by atoms with van der Waals surface area (Å²) in [5.74, 6) is 0. The van der Waals surface area contributed by atoms with E-state index in [9.17, 15) is 4.79 Å². The van der Waals surface area contributed by atoms with Crippen molar-refractivity contribution in [3.63, 3.8) is 0 Å². The third kappa shape index (κ3) is 4.00. The minimum absolute atomic E-state index is 0.185. The third-order valence-corrected chi connectivity index (χ3v) is 2.94. The summed E-state index contributed by atoms with van der Waals surface area (Å²) in [6, 6.07) is 0.535. The number of hydrogen-bond acceptors (Lipinski definition) is 3. The molecule has 0 aromatic carbocycles. The number of likely N-dealkylation sites (N-methyl/N-ethyl adjacent to an activating group) is 1. The zero-order valence-corrected chi connectivity index (χ0v) is 11.1. The van der Waals surface area contributed by atoms with Crippen molar-refractivity contribution in [3.05, 3.63) is 0 Å². The molecule has 1 heterocycles. The van der Waals surface area contributed by atoms with Crippen LogP contribution in [-0.4, -0.2) is 54.2 Å². The molecule has 1 aliphatic rings. The van der Waals surface area contributed by atoms with Crippen molar-refractivity contribution < 1.29 is 9.53 Å². The number of ether oxygens (including phenoxy) is 1. The molecule has 0 bridgehead atoms. The Kier molecular flexibility index (Phi) is 4.19. The van der Waals surface area contributed by atoms with E-state index in [4.69, 9.17) is 4.74 Å². The van der Waals surface area contributed by atoms with Crippen LogP contribution in [0, 0.1) is 0 Å². The van der Waals surface area contributed by atoms with Crippen LogP contribution in [0.15, 0.2) is 0 Å².